The molecule has 2 heterocycles. The van der Waals surface area contributed by atoms with Gasteiger partial charge in [0.05, 0.1) is 6.10 Å². The van der Waals surface area contributed by atoms with Crippen LogP contribution >= 0.6 is 0 Å². The van der Waals surface area contributed by atoms with Crippen LogP contribution in [0.25, 0.3) is 0 Å². The van der Waals surface area contributed by atoms with Crippen molar-refractivity contribution in [3.8, 4) is 0 Å². The van der Waals surface area contributed by atoms with Crippen molar-refractivity contribution in [1.82, 2.24) is 15.1 Å². The fourth-order valence-electron chi connectivity index (χ4n) is 2.87. The molecule has 2 aliphatic rings. The number of ether oxygens (including phenoxy) is 1. The maximum Gasteiger partial charge on any atom is 0.223 e. The summed E-state index contributed by atoms with van der Waals surface area (Å²) in [7, 11) is 1.89. The number of amides is 1. The Balaban J connectivity index is 1.72. The van der Waals surface area contributed by atoms with Gasteiger partial charge in [0, 0.05) is 45.8 Å². The van der Waals surface area contributed by atoms with Crippen molar-refractivity contribution in [2.24, 2.45) is 0 Å². The van der Waals surface area contributed by atoms with Crippen LogP contribution in [0.5, 0.6) is 0 Å². The number of hydrogen-bond acceptors (Lipinski definition) is 4. The summed E-state index contributed by atoms with van der Waals surface area (Å²) in [5.74, 6) is 0.285. The fraction of sp³-hybridized carbons (Fsp3) is 0.929. The van der Waals surface area contributed by atoms with Crippen molar-refractivity contribution in [2.45, 2.75) is 31.8 Å². The minimum absolute atomic E-state index is 0.285. The molecular weight excluding hydrogens is 242 g/mol. The van der Waals surface area contributed by atoms with Gasteiger partial charge >= 0.3 is 0 Å². The summed E-state index contributed by atoms with van der Waals surface area (Å²) in [6.45, 7) is 6.60. The zero-order chi connectivity index (χ0) is 13.5. The monoisotopic (exact) mass is 269 g/mol. The van der Waals surface area contributed by atoms with Crippen molar-refractivity contribution in [1.29, 1.82) is 0 Å². The van der Waals surface area contributed by atoms with E-state index < -0.39 is 0 Å². The molecule has 0 aromatic rings. The quantitative estimate of drug-likeness (QED) is 0.780. The lowest BCUT2D eigenvalue weighted by atomic mass is 10.2. The molecule has 0 radical (unpaired) electrons. The second-order valence-corrected chi connectivity index (χ2v) is 5.52. The van der Waals surface area contributed by atoms with Crippen LogP contribution in [0.15, 0.2) is 0 Å². The first-order valence-electron chi connectivity index (χ1n) is 7.56. The maximum atomic E-state index is 12.0. The SMILES string of the molecule is CNCCC(=O)N1CCCN(CC2CCCO2)CC1. The molecule has 1 amide bonds. The third-order valence-corrected chi connectivity index (χ3v) is 4.02. The summed E-state index contributed by atoms with van der Waals surface area (Å²) in [6.07, 6.45) is 4.51. The number of carbonyl (C=O) groups excluding carboxylic acids is 1. The molecular formula is C14H27N3O2. The molecule has 0 aromatic carbocycles. The average molecular weight is 269 g/mol. The lowest BCUT2D eigenvalue weighted by Gasteiger charge is -2.24. The van der Waals surface area contributed by atoms with E-state index in [-0.39, 0.29) is 5.91 Å². The molecule has 2 aliphatic heterocycles. The van der Waals surface area contributed by atoms with Crippen LogP contribution in [0.1, 0.15) is 25.7 Å². The van der Waals surface area contributed by atoms with E-state index in [0.29, 0.717) is 12.5 Å². The molecule has 2 saturated heterocycles. The number of rotatable bonds is 5. The molecule has 1 N–H and O–H groups in total. The second-order valence-electron chi connectivity index (χ2n) is 5.52. The number of carbonyl (C=O) groups is 1. The zero-order valence-electron chi connectivity index (χ0n) is 12.1. The Hall–Kier alpha value is -0.650. The van der Waals surface area contributed by atoms with Crippen LogP contribution in [0.4, 0.5) is 0 Å². The van der Waals surface area contributed by atoms with Crippen LogP contribution in [-0.4, -0.2) is 74.7 Å². The first kappa shape index (κ1) is 14.8. The number of hydrogen-bond donors (Lipinski definition) is 1. The van der Waals surface area contributed by atoms with E-state index in [1.54, 1.807) is 0 Å². The van der Waals surface area contributed by atoms with Gasteiger partial charge in [0.15, 0.2) is 0 Å². The lowest BCUT2D eigenvalue weighted by Crippen LogP contribution is -2.38. The molecule has 0 saturated carbocycles. The van der Waals surface area contributed by atoms with E-state index in [4.69, 9.17) is 4.74 Å². The van der Waals surface area contributed by atoms with Crippen LogP contribution in [0.3, 0.4) is 0 Å². The van der Waals surface area contributed by atoms with Gasteiger partial charge in [-0.05, 0) is 32.9 Å². The van der Waals surface area contributed by atoms with Crippen molar-refractivity contribution < 1.29 is 9.53 Å². The van der Waals surface area contributed by atoms with Gasteiger partial charge in [-0.1, -0.05) is 0 Å². The minimum Gasteiger partial charge on any atom is -0.377 e. The van der Waals surface area contributed by atoms with E-state index in [1.807, 2.05) is 11.9 Å². The summed E-state index contributed by atoms with van der Waals surface area (Å²) in [4.78, 5) is 16.5. The molecule has 2 rings (SSSR count). The Morgan fingerprint density at radius 1 is 1.26 bits per heavy atom. The Kier molecular flexibility index (Phi) is 6.07. The molecule has 0 aliphatic carbocycles. The van der Waals surface area contributed by atoms with Crippen molar-refractivity contribution in [2.75, 3.05) is 52.9 Å². The highest BCUT2D eigenvalue weighted by molar-refractivity contribution is 5.76. The van der Waals surface area contributed by atoms with Gasteiger partial charge in [-0.2, -0.15) is 0 Å². The Labute approximate surface area is 116 Å². The van der Waals surface area contributed by atoms with Crippen LogP contribution in [-0.2, 0) is 9.53 Å². The molecule has 0 spiro atoms. The van der Waals surface area contributed by atoms with Crippen molar-refractivity contribution in [3.05, 3.63) is 0 Å². The molecule has 110 valence electrons. The van der Waals surface area contributed by atoms with Gasteiger partial charge in [0.25, 0.3) is 0 Å². The highest BCUT2D eigenvalue weighted by atomic mass is 16.5. The fourth-order valence-corrected chi connectivity index (χ4v) is 2.87. The molecule has 0 bridgehead atoms. The predicted octanol–water partition coefficient (Wildman–Crippen LogP) is 0.309. The van der Waals surface area contributed by atoms with Gasteiger partial charge in [-0.3, -0.25) is 9.69 Å². The molecule has 1 unspecified atom stereocenters. The first-order valence-corrected chi connectivity index (χ1v) is 7.56. The van der Waals surface area contributed by atoms with E-state index in [0.717, 1.165) is 52.3 Å². The third-order valence-electron chi connectivity index (χ3n) is 4.02. The summed E-state index contributed by atoms with van der Waals surface area (Å²) in [5.41, 5.74) is 0. The third kappa shape index (κ3) is 4.75. The summed E-state index contributed by atoms with van der Waals surface area (Å²) < 4.78 is 5.69. The van der Waals surface area contributed by atoms with Crippen LogP contribution in [0.2, 0.25) is 0 Å². The number of nitrogens with one attached hydrogen (secondary N) is 1. The van der Waals surface area contributed by atoms with E-state index >= 15 is 0 Å². The normalized spacial score (nSPS) is 25.5. The second kappa shape index (κ2) is 7.82. The predicted molar refractivity (Wildman–Crippen MR) is 75.2 cm³/mol. The topological polar surface area (TPSA) is 44.8 Å². The van der Waals surface area contributed by atoms with E-state index in [2.05, 4.69) is 10.2 Å². The summed E-state index contributed by atoms with van der Waals surface area (Å²) >= 11 is 0. The Morgan fingerprint density at radius 2 is 2.16 bits per heavy atom. The van der Waals surface area contributed by atoms with Gasteiger partial charge in [0.2, 0.25) is 5.91 Å². The lowest BCUT2D eigenvalue weighted by molar-refractivity contribution is -0.130. The Bertz CT molecular complexity index is 280. The average Bonchev–Trinajstić information content (AvgIpc) is 2.81. The molecule has 1 atom stereocenters. The molecule has 5 nitrogen and oxygen atoms in total. The van der Waals surface area contributed by atoms with Gasteiger partial charge in [-0.25, -0.2) is 0 Å². The minimum atomic E-state index is 0.285. The van der Waals surface area contributed by atoms with Gasteiger partial charge in [-0.15, -0.1) is 0 Å². The van der Waals surface area contributed by atoms with Gasteiger partial charge < -0.3 is 15.0 Å². The van der Waals surface area contributed by atoms with Crippen molar-refractivity contribution >= 4 is 5.91 Å². The van der Waals surface area contributed by atoms with Crippen LogP contribution in [0, 0.1) is 0 Å². The zero-order valence-corrected chi connectivity index (χ0v) is 12.1. The maximum absolute atomic E-state index is 12.0. The highest BCUT2D eigenvalue weighted by Gasteiger charge is 2.22. The Morgan fingerprint density at radius 3 is 2.89 bits per heavy atom. The smallest absolute Gasteiger partial charge is 0.223 e. The molecule has 0 aromatic heterocycles. The highest BCUT2D eigenvalue weighted by Crippen LogP contribution is 2.14. The van der Waals surface area contributed by atoms with Crippen LogP contribution < -0.4 is 5.32 Å². The summed E-state index contributed by atoms with van der Waals surface area (Å²) in [5, 5.41) is 3.04. The standard InChI is InChI=1S/C14H27N3O2/c1-15-6-5-14(18)17-8-3-7-16(9-10-17)12-13-4-2-11-19-13/h13,15H,2-12H2,1H3. The van der Waals surface area contributed by atoms with E-state index in [1.165, 1.54) is 12.8 Å². The summed E-state index contributed by atoms with van der Waals surface area (Å²) in [6, 6.07) is 0. The molecule has 2 fully saturated rings. The van der Waals surface area contributed by atoms with Gasteiger partial charge in [0.1, 0.15) is 0 Å². The van der Waals surface area contributed by atoms with E-state index in [9.17, 15) is 4.79 Å². The molecule has 5 heteroatoms. The van der Waals surface area contributed by atoms with Crippen molar-refractivity contribution in [3.63, 3.8) is 0 Å². The molecule has 19 heavy (non-hydrogen) atoms. The largest absolute Gasteiger partial charge is 0.377 e. The first-order chi connectivity index (χ1) is 9.29. The number of nitrogens with zero attached hydrogens (tertiary/aromatic N) is 2.